The first-order chi connectivity index (χ1) is 11.6. The second-order valence-corrected chi connectivity index (χ2v) is 5.96. The van der Waals surface area contributed by atoms with Crippen LogP contribution in [0, 0.1) is 13.8 Å². The molecule has 0 radical (unpaired) electrons. The van der Waals surface area contributed by atoms with Crippen LogP contribution in [0.3, 0.4) is 0 Å². The van der Waals surface area contributed by atoms with Crippen molar-refractivity contribution in [1.82, 2.24) is 15.1 Å². The van der Waals surface area contributed by atoms with Crippen LogP contribution in [0.2, 0.25) is 0 Å². The number of ether oxygens (including phenoxy) is 1. The molecule has 0 fully saturated rings. The normalized spacial score (nSPS) is 10.8. The van der Waals surface area contributed by atoms with E-state index in [-0.39, 0.29) is 5.91 Å². The molecule has 5 nitrogen and oxygen atoms in total. The Morgan fingerprint density at radius 1 is 1.17 bits per heavy atom. The molecule has 5 heteroatoms. The van der Waals surface area contributed by atoms with Gasteiger partial charge in [0, 0.05) is 31.0 Å². The number of rotatable bonds is 9. The number of amides is 1. The van der Waals surface area contributed by atoms with E-state index in [0.29, 0.717) is 18.7 Å². The van der Waals surface area contributed by atoms with E-state index in [9.17, 15) is 4.79 Å². The van der Waals surface area contributed by atoms with Gasteiger partial charge in [-0.2, -0.15) is 5.10 Å². The fraction of sp³-hybridized carbons (Fsp3) is 0.474. The largest absolute Gasteiger partial charge is 0.381 e. The molecule has 0 unspecified atom stereocenters. The second kappa shape index (κ2) is 9.23. The van der Waals surface area contributed by atoms with Gasteiger partial charge in [-0.25, -0.2) is 4.68 Å². The fourth-order valence-electron chi connectivity index (χ4n) is 2.47. The number of nitrogens with zero attached hydrogens (tertiary/aromatic N) is 2. The van der Waals surface area contributed by atoms with Crippen LogP contribution in [-0.2, 0) is 4.74 Å². The number of unbranched alkanes of at least 4 members (excludes halogenated alkanes) is 1. The Morgan fingerprint density at radius 3 is 2.50 bits per heavy atom. The highest BCUT2D eigenvalue weighted by Gasteiger charge is 2.07. The third-order valence-electron chi connectivity index (χ3n) is 3.78. The molecule has 0 spiro atoms. The molecule has 130 valence electrons. The van der Waals surface area contributed by atoms with Gasteiger partial charge in [-0.15, -0.1) is 0 Å². The summed E-state index contributed by atoms with van der Waals surface area (Å²) in [6.45, 7) is 8.25. The van der Waals surface area contributed by atoms with Crippen LogP contribution >= 0.6 is 0 Å². The van der Waals surface area contributed by atoms with Crippen LogP contribution in [-0.4, -0.2) is 35.4 Å². The summed E-state index contributed by atoms with van der Waals surface area (Å²) in [6.07, 6.45) is 3.07. The van der Waals surface area contributed by atoms with Gasteiger partial charge in [0.2, 0.25) is 0 Å². The van der Waals surface area contributed by atoms with Gasteiger partial charge in [-0.05, 0) is 57.0 Å². The van der Waals surface area contributed by atoms with Gasteiger partial charge in [0.1, 0.15) is 0 Å². The summed E-state index contributed by atoms with van der Waals surface area (Å²) in [4.78, 5) is 12.1. The third-order valence-corrected chi connectivity index (χ3v) is 3.78. The summed E-state index contributed by atoms with van der Waals surface area (Å²) >= 11 is 0. The Balaban J connectivity index is 1.80. The lowest BCUT2D eigenvalue weighted by Gasteiger charge is -2.08. The van der Waals surface area contributed by atoms with Crippen LogP contribution in [0.25, 0.3) is 5.69 Å². The molecule has 2 rings (SSSR count). The quantitative estimate of drug-likeness (QED) is 0.717. The van der Waals surface area contributed by atoms with E-state index < -0.39 is 0 Å². The zero-order valence-corrected chi connectivity index (χ0v) is 14.8. The van der Waals surface area contributed by atoms with E-state index in [1.54, 1.807) is 0 Å². The van der Waals surface area contributed by atoms with E-state index in [0.717, 1.165) is 42.9 Å². The van der Waals surface area contributed by atoms with Crippen LogP contribution < -0.4 is 5.32 Å². The van der Waals surface area contributed by atoms with E-state index in [2.05, 4.69) is 17.3 Å². The van der Waals surface area contributed by atoms with E-state index in [4.69, 9.17) is 4.74 Å². The molecule has 0 saturated carbocycles. The van der Waals surface area contributed by atoms with Gasteiger partial charge in [0.05, 0.1) is 11.4 Å². The highest BCUT2D eigenvalue weighted by Crippen LogP contribution is 2.13. The third kappa shape index (κ3) is 5.20. The fourth-order valence-corrected chi connectivity index (χ4v) is 2.47. The minimum absolute atomic E-state index is 0.0523. The van der Waals surface area contributed by atoms with Gasteiger partial charge in [0.15, 0.2) is 0 Å². The number of aryl methyl sites for hydroxylation is 2. The zero-order valence-electron chi connectivity index (χ0n) is 14.8. The van der Waals surface area contributed by atoms with Crippen LogP contribution in [0.4, 0.5) is 0 Å². The maximum Gasteiger partial charge on any atom is 0.251 e. The summed E-state index contributed by atoms with van der Waals surface area (Å²) in [7, 11) is 0. The number of benzene rings is 1. The zero-order chi connectivity index (χ0) is 17.4. The van der Waals surface area contributed by atoms with Crippen molar-refractivity contribution in [3.8, 4) is 5.69 Å². The number of carbonyl (C=O) groups is 1. The molecule has 0 aliphatic carbocycles. The van der Waals surface area contributed by atoms with Crippen molar-refractivity contribution >= 4 is 5.91 Å². The topological polar surface area (TPSA) is 56.1 Å². The summed E-state index contributed by atoms with van der Waals surface area (Å²) in [5.41, 5.74) is 3.68. The Bertz CT molecular complexity index is 647. The van der Waals surface area contributed by atoms with Crippen molar-refractivity contribution in [3.63, 3.8) is 0 Å². The van der Waals surface area contributed by atoms with Gasteiger partial charge < -0.3 is 10.1 Å². The maximum absolute atomic E-state index is 12.1. The lowest BCUT2D eigenvalue weighted by atomic mass is 10.2. The molecular weight excluding hydrogens is 302 g/mol. The van der Waals surface area contributed by atoms with Crippen molar-refractivity contribution in [2.45, 2.75) is 40.0 Å². The van der Waals surface area contributed by atoms with Crippen molar-refractivity contribution in [2.24, 2.45) is 0 Å². The number of nitrogens with one attached hydrogen (secondary N) is 1. The van der Waals surface area contributed by atoms with E-state index >= 15 is 0 Å². The maximum atomic E-state index is 12.1. The Hall–Kier alpha value is -2.14. The van der Waals surface area contributed by atoms with Crippen LogP contribution in [0.1, 0.15) is 47.9 Å². The molecular formula is C19H27N3O2. The van der Waals surface area contributed by atoms with Gasteiger partial charge in [-0.3, -0.25) is 4.79 Å². The molecule has 24 heavy (non-hydrogen) atoms. The number of aromatic nitrogens is 2. The predicted octanol–water partition coefficient (Wildman–Crippen LogP) is 3.43. The molecule has 2 aromatic rings. The molecule has 0 atom stereocenters. The number of hydrogen-bond donors (Lipinski definition) is 1. The van der Waals surface area contributed by atoms with Crippen molar-refractivity contribution in [1.29, 1.82) is 0 Å². The molecule has 0 aliphatic heterocycles. The molecule has 0 saturated heterocycles. The molecule has 1 aromatic heterocycles. The SMILES string of the molecule is CCCCOCCCNC(=O)c1ccc(-n2nc(C)cc2C)cc1. The average molecular weight is 329 g/mol. The van der Waals surface area contributed by atoms with Crippen molar-refractivity contribution < 1.29 is 9.53 Å². The summed E-state index contributed by atoms with van der Waals surface area (Å²) < 4.78 is 7.36. The van der Waals surface area contributed by atoms with Crippen molar-refractivity contribution in [3.05, 3.63) is 47.3 Å². The van der Waals surface area contributed by atoms with Gasteiger partial charge in [0.25, 0.3) is 5.91 Å². The highest BCUT2D eigenvalue weighted by atomic mass is 16.5. The van der Waals surface area contributed by atoms with Crippen molar-refractivity contribution in [2.75, 3.05) is 19.8 Å². The molecule has 1 aromatic carbocycles. The molecule has 1 heterocycles. The van der Waals surface area contributed by atoms with E-state index in [1.165, 1.54) is 0 Å². The first-order valence-electron chi connectivity index (χ1n) is 8.61. The smallest absolute Gasteiger partial charge is 0.251 e. The lowest BCUT2D eigenvalue weighted by molar-refractivity contribution is 0.0940. The second-order valence-electron chi connectivity index (χ2n) is 5.96. The minimum Gasteiger partial charge on any atom is -0.381 e. The average Bonchev–Trinajstić information content (AvgIpc) is 2.92. The van der Waals surface area contributed by atoms with Gasteiger partial charge >= 0.3 is 0 Å². The lowest BCUT2D eigenvalue weighted by Crippen LogP contribution is -2.25. The molecule has 1 amide bonds. The van der Waals surface area contributed by atoms with Crippen LogP contribution in [0.5, 0.6) is 0 Å². The summed E-state index contributed by atoms with van der Waals surface area (Å²) in [5.74, 6) is -0.0523. The van der Waals surface area contributed by atoms with Gasteiger partial charge in [-0.1, -0.05) is 13.3 Å². The Kier molecular flexibility index (Phi) is 7.00. The Labute approximate surface area is 144 Å². The highest BCUT2D eigenvalue weighted by molar-refractivity contribution is 5.94. The molecule has 0 bridgehead atoms. The predicted molar refractivity (Wildman–Crippen MR) is 95.7 cm³/mol. The number of hydrogen-bond acceptors (Lipinski definition) is 3. The first kappa shape index (κ1) is 18.2. The molecule has 0 aliphatic rings. The van der Waals surface area contributed by atoms with Crippen LogP contribution in [0.15, 0.2) is 30.3 Å². The summed E-state index contributed by atoms with van der Waals surface area (Å²) in [6, 6.07) is 9.53. The Morgan fingerprint density at radius 2 is 1.88 bits per heavy atom. The standard InChI is InChI=1S/C19H27N3O2/c1-4-5-12-24-13-6-11-20-19(23)17-7-9-18(10-8-17)22-16(3)14-15(2)21-22/h7-10,14H,4-6,11-13H2,1-3H3,(H,20,23). The monoisotopic (exact) mass is 329 g/mol. The molecule has 1 N–H and O–H groups in total. The number of carbonyl (C=O) groups excluding carboxylic acids is 1. The summed E-state index contributed by atoms with van der Waals surface area (Å²) in [5, 5.41) is 7.37. The minimum atomic E-state index is -0.0523. The first-order valence-corrected chi connectivity index (χ1v) is 8.61. The van der Waals surface area contributed by atoms with E-state index in [1.807, 2.05) is 48.9 Å².